The molecule has 1 heterocycles. The van der Waals surface area contributed by atoms with Crippen molar-refractivity contribution in [3.63, 3.8) is 0 Å². The number of rotatable bonds is 6. The van der Waals surface area contributed by atoms with Gasteiger partial charge in [0, 0.05) is 18.2 Å². The van der Waals surface area contributed by atoms with Crippen molar-refractivity contribution in [2.24, 2.45) is 0 Å². The van der Waals surface area contributed by atoms with Gasteiger partial charge in [-0.05, 0) is 37.8 Å². The predicted octanol–water partition coefficient (Wildman–Crippen LogP) is 4.89. The predicted molar refractivity (Wildman–Crippen MR) is 89.7 cm³/mol. The molecule has 3 heteroatoms. The molecule has 1 aliphatic rings. The van der Waals surface area contributed by atoms with E-state index in [1.54, 1.807) is 7.11 Å². The van der Waals surface area contributed by atoms with Gasteiger partial charge in [0.1, 0.15) is 11.5 Å². The summed E-state index contributed by atoms with van der Waals surface area (Å²) >= 11 is 0. The Morgan fingerprint density at radius 3 is 2.55 bits per heavy atom. The molecular formula is C19H30O3. The summed E-state index contributed by atoms with van der Waals surface area (Å²) in [6, 6.07) is 3.88. The van der Waals surface area contributed by atoms with Crippen LogP contribution in [0.25, 0.3) is 0 Å². The highest BCUT2D eigenvalue weighted by atomic mass is 16.7. The largest absolute Gasteiger partial charge is 0.508 e. The monoisotopic (exact) mass is 306 g/mol. The fourth-order valence-corrected chi connectivity index (χ4v) is 3.40. The zero-order chi connectivity index (χ0) is 16.5. The van der Waals surface area contributed by atoms with Crippen molar-refractivity contribution < 1.29 is 14.6 Å². The van der Waals surface area contributed by atoms with Crippen LogP contribution in [0.1, 0.15) is 71.4 Å². The molecule has 1 atom stereocenters. The number of benzene rings is 1. The Balaban J connectivity index is 2.34. The molecular weight excluding hydrogens is 276 g/mol. The summed E-state index contributed by atoms with van der Waals surface area (Å²) in [6.45, 7) is 10.8. The Morgan fingerprint density at radius 1 is 1.27 bits per heavy atom. The number of hydrogen-bond donors (Lipinski definition) is 1. The normalized spacial score (nSPS) is 19.8. The van der Waals surface area contributed by atoms with E-state index in [0.717, 1.165) is 23.3 Å². The van der Waals surface area contributed by atoms with Crippen molar-refractivity contribution in [2.75, 3.05) is 7.11 Å². The van der Waals surface area contributed by atoms with Crippen LogP contribution < -0.4 is 4.74 Å². The van der Waals surface area contributed by atoms with Gasteiger partial charge in [0.2, 0.25) is 6.29 Å². The number of unbranched alkanes of at least 4 members (excludes halogenated alkanes) is 2. The van der Waals surface area contributed by atoms with Gasteiger partial charge in [-0.15, -0.1) is 0 Å². The lowest BCUT2D eigenvalue weighted by Gasteiger charge is -2.27. The number of methoxy groups -OCH3 is 1. The Bertz CT molecular complexity index is 532. The van der Waals surface area contributed by atoms with Gasteiger partial charge in [0.25, 0.3) is 0 Å². The molecule has 0 aromatic heterocycles. The Labute approximate surface area is 134 Å². The summed E-state index contributed by atoms with van der Waals surface area (Å²) in [5, 5.41) is 10.6. The molecule has 2 rings (SSSR count). The molecule has 1 unspecified atom stereocenters. The summed E-state index contributed by atoms with van der Waals surface area (Å²) in [6.07, 6.45) is 4.36. The average molecular weight is 306 g/mol. The summed E-state index contributed by atoms with van der Waals surface area (Å²) in [5.41, 5.74) is 1.67. The topological polar surface area (TPSA) is 38.7 Å². The third-order valence-corrected chi connectivity index (χ3v) is 4.96. The molecule has 0 saturated carbocycles. The molecule has 3 nitrogen and oxygen atoms in total. The fraction of sp³-hybridized carbons (Fsp3) is 0.684. The van der Waals surface area contributed by atoms with E-state index in [9.17, 15) is 5.11 Å². The summed E-state index contributed by atoms with van der Waals surface area (Å²) in [4.78, 5) is 0. The minimum Gasteiger partial charge on any atom is -0.508 e. The lowest BCUT2D eigenvalue weighted by molar-refractivity contribution is -0.0779. The number of phenolic OH excluding ortho intramolecular Hbond substituents is 1. The first-order valence-corrected chi connectivity index (χ1v) is 8.31. The summed E-state index contributed by atoms with van der Waals surface area (Å²) < 4.78 is 11.4. The van der Waals surface area contributed by atoms with E-state index in [-0.39, 0.29) is 17.1 Å². The van der Waals surface area contributed by atoms with Crippen LogP contribution in [0.4, 0.5) is 0 Å². The van der Waals surface area contributed by atoms with Gasteiger partial charge in [0.15, 0.2) is 0 Å². The van der Waals surface area contributed by atoms with E-state index < -0.39 is 0 Å². The van der Waals surface area contributed by atoms with Gasteiger partial charge in [-0.25, -0.2) is 0 Å². The van der Waals surface area contributed by atoms with Crippen LogP contribution >= 0.6 is 0 Å². The quantitative estimate of drug-likeness (QED) is 0.760. The molecule has 0 fully saturated rings. The third-order valence-electron chi connectivity index (χ3n) is 4.96. The van der Waals surface area contributed by atoms with Crippen LogP contribution in [0.3, 0.4) is 0 Å². The molecule has 0 bridgehead atoms. The molecule has 22 heavy (non-hydrogen) atoms. The maximum Gasteiger partial charge on any atom is 0.208 e. The lowest BCUT2D eigenvalue weighted by atomic mass is 9.77. The van der Waals surface area contributed by atoms with E-state index >= 15 is 0 Å². The third kappa shape index (κ3) is 2.96. The molecule has 1 aliphatic heterocycles. The van der Waals surface area contributed by atoms with E-state index in [1.807, 2.05) is 12.1 Å². The van der Waals surface area contributed by atoms with Crippen molar-refractivity contribution in [3.8, 4) is 11.5 Å². The zero-order valence-electron chi connectivity index (χ0n) is 14.8. The molecule has 1 aromatic rings. The number of aromatic hydroxyl groups is 1. The molecule has 1 aromatic carbocycles. The van der Waals surface area contributed by atoms with E-state index in [4.69, 9.17) is 9.47 Å². The average Bonchev–Trinajstić information content (AvgIpc) is 2.69. The Hall–Kier alpha value is -1.22. The first-order chi connectivity index (χ1) is 10.2. The Kier molecular flexibility index (Phi) is 4.76. The highest BCUT2D eigenvalue weighted by molar-refractivity contribution is 5.53. The van der Waals surface area contributed by atoms with Crippen LogP contribution in [0.5, 0.6) is 11.5 Å². The summed E-state index contributed by atoms with van der Waals surface area (Å²) in [5.74, 6) is 1.21. The van der Waals surface area contributed by atoms with Gasteiger partial charge in [-0.3, -0.25) is 0 Å². The highest BCUT2D eigenvalue weighted by Crippen LogP contribution is 2.48. The Morgan fingerprint density at radius 2 is 1.95 bits per heavy atom. The highest BCUT2D eigenvalue weighted by Gasteiger charge is 2.43. The maximum absolute atomic E-state index is 10.6. The molecule has 0 amide bonds. The second-order valence-electron chi connectivity index (χ2n) is 7.61. The molecule has 124 valence electrons. The number of fused-ring (bicyclic) bond motifs is 1. The van der Waals surface area contributed by atoms with E-state index in [2.05, 4.69) is 34.6 Å². The molecule has 0 aliphatic carbocycles. The van der Waals surface area contributed by atoms with E-state index in [0.29, 0.717) is 5.75 Å². The minimum atomic E-state index is -0.305. The smallest absolute Gasteiger partial charge is 0.208 e. The first-order valence-electron chi connectivity index (χ1n) is 8.31. The minimum absolute atomic E-state index is 0.0626. The maximum atomic E-state index is 10.6. The fourth-order valence-electron chi connectivity index (χ4n) is 3.40. The molecule has 0 spiro atoms. The SMILES string of the molecule is CCCCCC(C)(C)c1cc2c(cc1O)C(C)(C)C(OC)O2. The van der Waals surface area contributed by atoms with Gasteiger partial charge < -0.3 is 14.6 Å². The van der Waals surface area contributed by atoms with Gasteiger partial charge in [0.05, 0.1) is 5.41 Å². The second kappa shape index (κ2) is 6.11. The van der Waals surface area contributed by atoms with Gasteiger partial charge in [-0.2, -0.15) is 0 Å². The number of hydrogen-bond acceptors (Lipinski definition) is 3. The molecule has 1 N–H and O–H groups in total. The van der Waals surface area contributed by atoms with Crippen molar-refractivity contribution in [1.29, 1.82) is 0 Å². The number of ether oxygens (including phenoxy) is 2. The van der Waals surface area contributed by atoms with Crippen molar-refractivity contribution >= 4 is 0 Å². The summed E-state index contributed by atoms with van der Waals surface area (Å²) in [7, 11) is 1.66. The molecule has 0 radical (unpaired) electrons. The second-order valence-corrected chi connectivity index (χ2v) is 7.61. The van der Waals surface area contributed by atoms with Crippen LogP contribution in [0, 0.1) is 0 Å². The first kappa shape index (κ1) is 17.1. The van der Waals surface area contributed by atoms with Gasteiger partial charge in [-0.1, -0.05) is 40.0 Å². The van der Waals surface area contributed by atoms with Crippen molar-refractivity contribution in [3.05, 3.63) is 23.3 Å². The number of phenols is 1. The zero-order valence-corrected chi connectivity index (χ0v) is 14.8. The molecule has 0 saturated heterocycles. The van der Waals surface area contributed by atoms with E-state index in [1.165, 1.54) is 19.3 Å². The van der Waals surface area contributed by atoms with Crippen LogP contribution in [0.15, 0.2) is 12.1 Å². The van der Waals surface area contributed by atoms with Crippen LogP contribution in [-0.2, 0) is 15.6 Å². The van der Waals surface area contributed by atoms with Gasteiger partial charge >= 0.3 is 0 Å². The standard InChI is InChI=1S/C19H30O3/c1-7-8-9-10-18(2,3)13-12-16-14(11-15(13)20)19(4,5)17(21-6)22-16/h11-12,17,20H,7-10H2,1-6H3. The van der Waals surface area contributed by atoms with Crippen LogP contribution in [-0.4, -0.2) is 18.5 Å². The van der Waals surface area contributed by atoms with Crippen molar-refractivity contribution in [1.82, 2.24) is 0 Å². The van der Waals surface area contributed by atoms with Crippen molar-refractivity contribution in [2.45, 2.75) is 77.4 Å². The lowest BCUT2D eigenvalue weighted by Crippen LogP contribution is -2.33. The van der Waals surface area contributed by atoms with Crippen LogP contribution in [0.2, 0.25) is 0 Å².